The molecular formula is C15H26N4O. The molecule has 1 aliphatic carbocycles. The maximum Gasteiger partial charge on any atom is 0.235 e. The minimum absolute atomic E-state index is 0.00676. The number of carbonyl (C=O) groups is 1. The molecule has 0 radical (unpaired) electrons. The van der Waals surface area contributed by atoms with Crippen LogP contribution in [0.3, 0.4) is 0 Å². The standard InChI is InChI=1S/C15H26N4O/c1-12(17)13-4-8-19(9-5-13)10-14(20)18-15(11-16)6-2-3-7-15/h12-13H,2-10,17H2,1H3,(H,18,20). The fraction of sp³-hybridized carbons (Fsp3) is 0.867. The molecule has 0 aromatic rings. The number of nitrogens with one attached hydrogen (secondary N) is 1. The van der Waals surface area contributed by atoms with E-state index >= 15 is 0 Å². The zero-order valence-corrected chi connectivity index (χ0v) is 12.4. The molecule has 1 aliphatic heterocycles. The Morgan fingerprint density at radius 2 is 2.05 bits per heavy atom. The van der Waals surface area contributed by atoms with Gasteiger partial charge in [-0.1, -0.05) is 0 Å². The molecule has 112 valence electrons. The van der Waals surface area contributed by atoms with Crippen molar-refractivity contribution in [2.75, 3.05) is 19.6 Å². The van der Waals surface area contributed by atoms with E-state index in [1.165, 1.54) is 0 Å². The van der Waals surface area contributed by atoms with Crippen LogP contribution in [-0.4, -0.2) is 42.0 Å². The lowest BCUT2D eigenvalue weighted by Gasteiger charge is -2.33. The molecule has 1 saturated heterocycles. The van der Waals surface area contributed by atoms with Crippen molar-refractivity contribution in [2.45, 2.75) is 57.0 Å². The van der Waals surface area contributed by atoms with Crippen LogP contribution in [0.2, 0.25) is 0 Å². The van der Waals surface area contributed by atoms with E-state index in [0.29, 0.717) is 12.5 Å². The van der Waals surface area contributed by atoms with E-state index in [1.54, 1.807) is 0 Å². The Hall–Kier alpha value is -1.12. The van der Waals surface area contributed by atoms with Gasteiger partial charge >= 0.3 is 0 Å². The highest BCUT2D eigenvalue weighted by Gasteiger charge is 2.35. The molecule has 0 bridgehead atoms. The third kappa shape index (κ3) is 3.71. The molecule has 20 heavy (non-hydrogen) atoms. The lowest BCUT2D eigenvalue weighted by molar-refractivity contribution is -0.123. The van der Waals surface area contributed by atoms with E-state index in [-0.39, 0.29) is 11.9 Å². The lowest BCUT2D eigenvalue weighted by atomic mass is 9.91. The first-order chi connectivity index (χ1) is 9.54. The summed E-state index contributed by atoms with van der Waals surface area (Å²) in [4.78, 5) is 14.3. The molecule has 1 heterocycles. The maximum absolute atomic E-state index is 12.1. The number of hydrogen-bond acceptors (Lipinski definition) is 4. The summed E-state index contributed by atoms with van der Waals surface area (Å²) < 4.78 is 0. The van der Waals surface area contributed by atoms with Crippen molar-refractivity contribution in [2.24, 2.45) is 11.7 Å². The summed E-state index contributed by atoms with van der Waals surface area (Å²) >= 11 is 0. The largest absolute Gasteiger partial charge is 0.337 e. The van der Waals surface area contributed by atoms with E-state index in [9.17, 15) is 10.1 Å². The van der Waals surface area contributed by atoms with Gasteiger partial charge in [0, 0.05) is 6.04 Å². The van der Waals surface area contributed by atoms with Gasteiger partial charge in [0.25, 0.3) is 0 Å². The van der Waals surface area contributed by atoms with Crippen molar-refractivity contribution in [1.82, 2.24) is 10.2 Å². The Bertz CT molecular complexity index is 374. The van der Waals surface area contributed by atoms with Crippen molar-refractivity contribution in [3.8, 4) is 6.07 Å². The highest BCUT2D eigenvalue weighted by Crippen LogP contribution is 2.28. The van der Waals surface area contributed by atoms with Crippen LogP contribution in [0.15, 0.2) is 0 Å². The molecule has 5 heteroatoms. The first kappa shape index (κ1) is 15.3. The molecule has 2 aliphatic rings. The van der Waals surface area contributed by atoms with Gasteiger partial charge in [0.1, 0.15) is 5.54 Å². The Morgan fingerprint density at radius 1 is 1.45 bits per heavy atom. The number of piperidine rings is 1. The Kier molecular flexibility index (Phi) is 5.00. The quantitative estimate of drug-likeness (QED) is 0.803. The van der Waals surface area contributed by atoms with Crippen molar-refractivity contribution in [3.05, 3.63) is 0 Å². The fourth-order valence-corrected chi connectivity index (χ4v) is 3.39. The van der Waals surface area contributed by atoms with Crippen LogP contribution in [0.4, 0.5) is 0 Å². The fourth-order valence-electron chi connectivity index (χ4n) is 3.39. The van der Waals surface area contributed by atoms with Crippen LogP contribution < -0.4 is 11.1 Å². The van der Waals surface area contributed by atoms with Crippen LogP contribution in [0.5, 0.6) is 0 Å². The number of nitriles is 1. The van der Waals surface area contributed by atoms with Gasteiger partial charge in [0.05, 0.1) is 12.6 Å². The van der Waals surface area contributed by atoms with Crippen molar-refractivity contribution < 1.29 is 4.79 Å². The SMILES string of the molecule is CC(N)C1CCN(CC(=O)NC2(C#N)CCCC2)CC1. The summed E-state index contributed by atoms with van der Waals surface area (Å²) in [5.74, 6) is 0.572. The van der Waals surface area contributed by atoms with Crippen LogP contribution in [0, 0.1) is 17.2 Å². The monoisotopic (exact) mass is 278 g/mol. The first-order valence-corrected chi connectivity index (χ1v) is 7.75. The van der Waals surface area contributed by atoms with Gasteiger partial charge in [-0.25, -0.2) is 0 Å². The smallest absolute Gasteiger partial charge is 0.235 e. The first-order valence-electron chi connectivity index (χ1n) is 7.75. The Morgan fingerprint density at radius 3 is 2.55 bits per heavy atom. The summed E-state index contributed by atoms with van der Waals surface area (Å²) in [6, 6.07) is 2.54. The third-order valence-corrected chi connectivity index (χ3v) is 4.79. The number of carbonyl (C=O) groups excluding carboxylic acids is 1. The average molecular weight is 278 g/mol. The zero-order chi connectivity index (χ0) is 14.6. The number of likely N-dealkylation sites (tertiary alicyclic amines) is 1. The van der Waals surface area contributed by atoms with E-state index in [2.05, 4.69) is 23.2 Å². The van der Waals surface area contributed by atoms with Gasteiger partial charge in [-0.15, -0.1) is 0 Å². The Balaban J connectivity index is 1.77. The van der Waals surface area contributed by atoms with E-state index in [4.69, 9.17) is 5.73 Å². The molecule has 1 amide bonds. The summed E-state index contributed by atoms with van der Waals surface area (Å²) in [5, 5.41) is 12.2. The lowest BCUT2D eigenvalue weighted by Crippen LogP contribution is -2.50. The van der Waals surface area contributed by atoms with Gasteiger partial charge in [-0.3, -0.25) is 9.69 Å². The molecule has 0 spiro atoms. The number of nitrogens with two attached hydrogens (primary N) is 1. The summed E-state index contributed by atoms with van der Waals surface area (Å²) in [6.07, 6.45) is 5.79. The van der Waals surface area contributed by atoms with E-state index in [1.807, 2.05) is 0 Å². The molecule has 1 unspecified atom stereocenters. The molecule has 3 N–H and O–H groups in total. The van der Waals surface area contributed by atoms with Crippen LogP contribution in [0.1, 0.15) is 45.4 Å². The van der Waals surface area contributed by atoms with Crippen LogP contribution >= 0.6 is 0 Å². The van der Waals surface area contributed by atoms with Gasteiger partial charge in [0.15, 0.2) is 0 Å². The number of hydrogen-bond donors (Lipinski definition) is 2. The van der Waals surface area contributed by atoms with Crippen molar-refractivity contribution >= 4 is 5.91 Å². The maximum atomic E-state index is 12.1. The predicted molar refractivity (Wildman–Crippen MR) is 77.8 cm³/mol. The van der Waals surface area contributed by atoms with E-state index < -0.39 is 5.54 Å². The van der Waals surface area contributed by atoms with Crippen molar-refractivity contribution in [1.29, 1.82) is 5.26 Å². The number of nitrogens with zero attached hydrogens (tertiary/aromatic N) is 2. The van der Waals surface area contributed by atoms with E-state index in [0.717, 1.165) is 51.6 Å². The molecule has 1 atom stereocenters. The summed E-state index contributed by atoms with van der Waals surface area (Å²) in [7, 11) is 0. The minimum Gasteiger partial charge on any atom is -0.337 e. The molecule has 1 saturated carbocycles. The molecular weight excluding hydrogens is 252 g/mol. The molecule has 2 rings (SSSR count). The van der Waals surface area contributed by atoms with Gasteiger partial charge < -0.3 is 11.1 Å². The number of rotatable bonds is 4. The normalized spacial score (nSPS) is 25.1. The highest BCUT2D eigenvalue weighted by atomic mass is 16.2. The van der Waals surface area contributed by atoms with Gasteiger partial charge in [-0.2, -0.15) is 5.26 Å². The second-order valence-electron chi connectivity index (χ2n) is 6.42. The predicted octanol–water partition coefficient (Wildman–Crippen LogP) is 0.998. The van der Waals surface area contributed by atoms with Crippen LogP contribution in [0.25, 0.3) is 0 Å². The second-order valence-corrected chi connectivity index (χ2v) is 6.42. The van der Waals surface area contributed by atoms with Gasteiger partial charge in [-0.05, 0) is 64.5 Å². The van der Waals surface area contributed by atoms with Gasteiger partial charge in [0.2, 0.25) is 5.91 Å². The average Bonchev–Trinajstić information content (AvgIpc) is 2.88. The Labute approximate surface area is 121 Å². The molecule has 2 fully saturated rings. The summed E-state index contributed by atoms with van der Waals surface area (Å²) in [6.45, 7) is 4.33. The third-order valence-electron chi connectivity index (χ3n) is 4.79. The topological polar surface area (TPSA) is 82.2 Å². The molecule has 0 aromatic carbocycles. The zero-order valence-electron chi connectivity index (χ0n) is 12.4. The van der Waals surface area contributed by atoms with Crippen molar-refractivity contribution in [3.63, 3.8) is 0 Å². The van der Waals surface area contributed by atoms with Crippen LogP contribution in [-0.2, 0) is 4.79 Å². The molecule has 0 aromatic heterocycles. The summed E-state index contributed by atoms with van der Waals surface area (Å²) in [5.41, 5.74) is 5.33. The molecule has 5 nitrogen and oxygen atoms in total. The highest BCUT2D eigenvalue weighted by molar-refractivity contribution is 5.79. The second kappa shape index (κ2) is 6.55. The number of amides is 1. The minimum atomic E-state index is -0.596.